The zero-order valence-corrected chi connectivity index (χ0v) is 17.5. The average molecular weight is 458 g/mol. The molecule has 2 aromatic carbocycles. The summed E-state index contributed by atoms with van der Waals surface area (Å²) in [6.45, 7) is 0.866. The second-order valence-corrected chi connectivity index (χ2v) is 6.69. The zero-order chi connectivity index (χ0) is 22.3. The highest BCUT2D eigenvalue weighted by Gasteiger charge is 2.22. The van der Waals surface area contributed by atoms with Crippen LogP contribution in [0.15, 0.2) is 65.0 Å². The molecule has 0 unspecified atom stereocenters. The summed E-state index contributed by atoms with van der Waals surface area (Å²) in [6.07, 6.45) is 1.14. The Balaban J connectivity index is 1.64. The van der Waals surface area contributed by atoms with Crippen molar-refractivity contribution in [3.05, 3.63) is 71.3 Å². The van der Waals surface area contributed by atoms with Crippen molar-refractivity contribution >= 4 is 23.1 Å². The van der Waals surface area contributed by atoms with Crippen molar-refractivity contribution in [2.45, 2.75) is 0 Å². The molecule has 0 saturated heterocycles. The van der Waals surface area contributed by atoms with E-state index in [4.69, 9.17) is 30.7 Å². The van der Waals surface area contributed by atoms with Gasteiger partial charge in [-0.3, -0.25) is 9.83 Å². The van der Waals surface area contributed by atoms with E-state index in [0.717, 1.165) is 6.33 Å². The van der Waals surface area contributed by atoms with Gasteiger partial charge in [0.25, 0.3) is 11.8 Å². The first-order valence-electron chi connectivity index (χ1n) is 9.40. The van der Waals surface area contributed by atoms with Crippen molar-refractivity contribution < 1.29 is 23.5 Å². The minimum Gasteiger partial charge on any atom is -0.436 e. The molecular formula is C21H17ClFN5O4. The van der Waals surface area contributed by atoms with Crippen LogP contribution in [0.25, 0.3) is 0 Å². The number of hydroxylamine groups is 1. The molecule has 32 heavy (non-hydrogen) atoms. The Labute approximate surface area is 187 Å². The molecule has 0 aliphatic carbocycles. The van der Waals surface area contributed by atoms with Crippen LogP contribution in [0.3, 0.4) is 0 Å². The quantitative estimate of drug-likeness (QED) is 0.420. The van der Waals surface area contributed by atoms with Gasteiger partial charge in [-0.15, -0.1) is 0 Å². The van der Waals surface area contributed by atoms with E-state index in [0.29, 0.717) is 41.0 Å². The lowest BCUT2D eigenvalue weighted by atomic mass is 10.1. The standard InChI is InChI=1S/C21H17ClFN5O4/c1-29-27-18(19-24-10-11-30-28-19)15-4-2-3-5-16(15)32-21-17(23)20(25-12-26-21)31-14-8-6-13(22)7-9-14/h2-9,12H,10-11H2,1H3,(H,24,28)/b27-18-. The van der Waals surface area contributed by atoms with E-state index in [1.807, 2.05) is 0 Å². The molecule has 1 aliphatic rings. The van der Waals surface area contributed by atoms with Crippen molar-refractivity contribution in [1.29, 1.82) is 0 Å². The van der Waals surface area contributed by atoms with Crippen molar-refractivity contribution in [3.8, 4) is 23.3 Å². The van der Waals surface area contributed by atoms with Gasteiger partial charge in [-0.1, -0.05) is 28.9 Å². The van der Waals surface area contributed by atoms with Crippen LogP contribution in [-0.2, 0) is 9.68 Å². The third-order valence-electron chi connectivity index (χ3n) is 4.14. The van der Waals surface area contributed by atoms with Gasteiger partial charge in [0.05, 0.1) is 18.7 Å². The van der Waals surface area contributed by atoms with E-state index in [1.54, 1.807) is 48.5 Å². The first-order chi connectivity index (χ1) is 15.7. The number of nitrogens with one attached hydrogen (secondary N) is 1. The van der Waals surface area contributed by atoms with E-state index in [2.05, 4.69) is 25.6 Å². The Morgan fingerprint density at radius 1 is 1.09 bits per heavy atom. The number of ether oxygens (including phenoxy) is 2. The number of hydrogen-bond donors (Lipinski definition) is 1. The van der Waals surface area contributed by atoms with Gasteiger partial charge in [-0.05, 0) is 36.4 Å². The summed E-state index contributed by atoms with van der Waals surface area (Å²) in [5.41, 5.74) is 3.49. The molecule has 1 aliphatic heterocycles. The maximum Gasteiger partial charge on any atom is 0.263 e. The highest BCUT2D eigenvalue weighted by atomic mass is 35.5. The van der Waals surface area contributed by atoms with Crippen molar-refractivity contribution in [3.63, 3.8) is 0 Å². The third kappa shape index (κ3) is 4.93. The topological polar surface area (TPSA) is 99.5 Å². The Morgan fingerprint density at radius 2 is 1.84 bits per heavy atom. The molecule has 0 radical (unpaired) electrons. The number of aliphatic imine (C=N–C) groups is 1. The smallest absolute Gasteiger partial charge is 0.263 e. The molecule has 0 fully saturated rings. The van der Waals surface area contributed by atoms with Crippen LogP contribution < -0.4 is 15.0 Å². The second kappa shape index (κ2) is 10.0. The number of halogens is 2. The maximum atomic E-state index is 15.0. The Hall–Kier alpha value is -3.76. The summed E-state index contributed by atoms with van der Waals surface area (Å²) in [5, 5.41) is 4.55. The van der Waals surface area contributed by atoms with Crippen molar-refractivity contribution in [1.82, 2.24) is 15.4 Å². The molecular weight excluding hydrogens is 441 g/mol. The van der Waals surface area contributed by atoms with Crippen molar-refractivity contribution in [2.24, 2.45) is 10.1 Å². The average Bonchev–Trinajstić information content (AvgIpc) is 2.82. The second-order valence-electron chi connectivity index (χ2n) is 6.26. The van der Waals surface area contributed by atoms with Gasteiger partial charge >= 0.3 is 0 Å². The van der Waals surface area contributed by atoms with E-state index >= 15 is 4.39 Å². The number of rotatable bonds is 7. The Kier molecular flexibility index (Phi) is 6.73. The first kappa shape index (κ1) is 21.5. The fraction of sp³-hybridized carbons (Fsp3) is 0.143. The van der Waals surface area contributed by atoms with Crippen LogP contribution in [0.4, 0.5) is 4.39 Å². The summed E-state index contributed by atoms with van der Waals surface area (Å²) >= 11 is 5.87. The normalized spacial score (nSPS) is 13.7. The zero-order valence-electron chi connectivity index (χ0n) is 16.8. The molecule has 2 heterocycles. The predicted molar refractivity (Wildman–Crippen MR) is 115 cm³/mol. The highest BCUT2D eigenvalue weighted by molar-refractivity contribution is 6.47. The lowest BCUT2D eigenvalue weighted by molar-refractivity contribution is 0.0836. The van der Waals surface area contributed by atoms with Gasteiger partial charge in [-0.25, -0.2) is 5.48 Å². The molecule has 0 amide bonds. The monoisotopic (exact) mass is 457 g/mol. The van der Waals surface area contributed by atoms with Gasteiger partial charge in [0, 0.05) is 5.02 Å². The molecule has 4 rings (SSSR count). The van der Waals surface area contributed by atoms with E-state index < -0.39 is 5.82 Å². The molecule has 0 saturated carbocycles. The fourth-order valence-electron chi connectivity index (χ4n) is 2.74. The molecule has 9 nitrogen and oxygen atoms in total. The minimum absolute atomic E-state index is 0.258. The number of aromatic nitrogens is 2. The lowest BCUT2D eigenvalue weighted by Gasteiger charge is -2.17. The van der Waals surface area contributed by atoms with Gasteiger partial charge in [0.2, 0.25) is 5.82 Å². The number of hydrogen-bond acceptors (Lipinski definition) is 9. The van der Waals surface area contributed by atoms with Crippen LogP contribution in [0.5, 0.6) is 23.3 Å². The number of oxime groups is 1. The molecule has 164 valence electrons. The Bertz CT molecular complexity index is 1160. The fourth-order valence-corrected chi connectivity index (χ4v) is 2.87. The molecule has 3 aromatic rings. The van der Waals surface area contributed by atoms with Crippen molar-refractivity contribution in [2.75, 3.05) is 20.3 Å². The SMILES string of the molecule is CO/N=C(\C1=NCCON1)c1ccccc1Oc1ncnc(Oc2ccc(Cl)cc2)c1F. The maximum absolute atomic E-state index is 15.0. The highest BCUT2D eigenvalue weighted by Crippen LogP contribution is 2.31. The summed E-state index contributed by atoms with van der Waals surface area (Å²) in [5.74, 6) is -0.541. The predicted octanol–water partition coefficient (Wildman–Crippen LogP) is 4.14. The van der Waals surface area contributed by atoms with Crippen LogP contribution in [0, 0.1) is 5.82 Å². The van der Waals surface area contributed by atoms with Crippen LogP contribution in [0.2, 0.25) is 5.02 Å². The molecule has 0 bridgehead atoms. The first-order valence-corrected chi connectivity index (χ1v) is 9.78. The van der Waals surface area contributed by atoms with Crippen LogP contribution in [-0.4, -0.2) is 41.8 Å². The number of nitrogens with zero attached hydrogens (tertiary/aromatic N) is 4. The number of amidine groups is 1. The number of para-hydroxylation sites is 1. The van der Waals surface area contributed by atoms with Gasteiger partial charge in [0.15, 0.2) is 11.5 Å². The van der Waals surface area contributed by atoms with E-state index in [1.165, 1.54) is 7.11 Å². The van der Waals surface area contributed by atoms with Gasteiger partial charge in [0.1, 0.15) is 24.9 Å². The van der Waals surface area contributed by atoms with Crippen LogP contribution >= 0.6 is 11.6 Å². The van der Waals surface area contributed by atoms with E-state index in [9.17, 15) is 0 Å². The third-order valence-corrected chi connectivity index (χ3v) is 4.39. The summed E-state index contributed by atoms with van der Waals surface area (Å²) in [4.78, 5) is 22.3. The lowest BCUT2D eigenvalue weighted by Crippen LogP contribution is -2.37. The van der Waals surface area contributed by atoms with E-state index in [-0.39, 0.29) is 17.5 Å². The summed E-state index contributed by atoms with van der Waals surface area (Å²) in [6, 6.07) is 13.3. The van der Waals surface area contributed by atoms with Crippen LogP contribution in [0.1, 0.15) is 5.56 Å². The molecule has 1 aromatic heterocycles. The minimum atomic E-state index is -0.876. The molecule has 1 N–H and O–H groups in total. The molecule has 11 heteroatoms. The Morgan fingerprint density at radius 3 is 2.56 bits per heavy atom. The largest absolute Gasteiger partial charge is 0.436 e. The summed E-state index contributed by atoms with van der Waals surface area (Å²) in [7, 11) is 1.40. The summed E-state index contributed by atoms with van der Waals surface area (Å²) < 4.78 is 26.3. The van der Waals surface area contributed by atoms with Gasteiger partial charge < -0.3 is 14.3 Å². The molecule has 0 atom stereocenters. The number of benzene rings is 2. The van der Waals surface area contributed by atoms with Gasteiger partial charge in [-0.2, -0.15) is 14.4 Å². The molecule has 0 spiro atoms.